The van der Waals surface area contributed by atoms with Crippen molar-refractivity contribution in [2.45, 2.75) is 51.4 Å². The van der Waals surface area contributed by atoms with Gasteiger partial charge in [-0.1, -0.05) is 20.8 Å². The van der Waals surface area contributed by atoms with E-state index in [1.807, 2.05) is 16.7 Å². The number of carbonyl (C=O) groups excluding carboxylic acids is 1. The van der Waals surface area contributed by atoms with Gasteiger partial charge in [-0.25, -0.2) is 0 Å². The molecule has 1 aliphatic heterocycles. The van der Waals surface area contributed by atoms with Crippen LogP contribution in [0.4, 0.5) is 0 Å². The predicted molar refractivity (Wildman–Crippen MR) is 70.9 cm³/mol. The molecule has 1 rings (SSSR count). The van der Waals surface area contributed by atoms with Crippen molar-refractivity contribution >= 4 is 17.7 Å². The average Bonchev–Trinajstić information content (AvgIpc) is 2.21. The van der Waals surface area contributed by atoms with Gasteiger partial charge in [0.05, 0.1) is 0 Å². The number of nitrogens with one attached hydrogen (secondary N) is 1. The van der Waals surface area contributed by atoms with Gasteiger partial charge >= 0.3 is 0 Å². The zero-order valence-electron chi connectivity index (χ0n) is 10.8. The SMILES string of the molecule is CC(C)NCCC(=O)N1CCSC(C)C1C. The van der Waals surface area contributed by atoms with Crippen molar-refractivity contribution in [3.05, 3.63) is 0 Å². The first kappa shape index (κ1) is 13.8. The Morgan fingerprint density at radius 1 is 1.50 bits per heavy atom. The van der Waals surface area contributed by atoms with Gasteiger partial charge in [0.1, 0.15) is 0 Å². The van der Waals surface area contributed by atoms with Gasteiger partial charge in [-0.05, 0) is 6.92 Å². The molecule has 0 aromatic heterocycles. The predicted octanol–water partition coefficient (Wildman–Crippen LogP) is 1.73. The molecule has 16 heavy (non-hydrogen) atoms. The third kappa shape index (κ3) is 3.98. The van der Waals surface area contributed by atoms with E-state index < -0.39 is 0 Å². The molecule has 1 N–H and O–H groups in total. The summed E-state index contributed by atoms with van der Waals surface area (Å²) in [6.45, 7) is 10.3. The van der Waals surface area contributed by atoms with Gasteiger partial charge in [0.15, 0.2) is 0 Å². The minimum absolute atomic E-state index is 0.299. The number of amides is 1. The van der Waals surface area contributed by atoms with E-state index in [2.05, 4.69) is 33.0 Å². The molecule has 1 amide bonds. The van der Waals surface area contributed by atoms with Crippen molar-refractivity contribution in [3.8, 4) is 0 Å². The summed E-state index contributed by atoms with van der Waals surface area (Å²) in [6.07, 6.45) is 0.625. The van der Waals surface area contributed by atoms with Crippen LogP contribution in [0.3, 0.4) is 0 Å². The maximum atomic E-state index is 12.0. The van der Waals surface area contributed by atoms with Gasteiger partial charge in [-0.15, -0.1) is 0 Å². The molecule has 2 unspecified atom stereocenters. The van der Waals surface area contributed by atoms with Crippen molar-refractivity contribution in [1.82, 2.24) is 10.2 Å². The molecule has 2 atom stereocenters. The summed E-state index contributed by atoms with van der Waals surface area (Å²) in [5.74, 6) is 1.38. The van der Waals surface area contributed by atoms with Crippen LogP contribution in [0.5, 0.6) is 0 Å². The number of rotatable bonds is 4. The van der Waals surface area contributed by atoms with Crippen LogP contribution in [0, 0.1) is 0 Å². The Balaban J connectivity index is 2.35. The highest BCUT2D eigenvalue weighted by Gasteiger charge is 2.28. The first-order valence-corrected chi connectivity index (χ1v) is 7.21. The molecule has 94 valence electrons. The molecular formula is C12H24N2OS. The van der Waals surface area contributed by atoms with E-state index in [9.17, 15) is 4.79 Å². The second kappa shape index (κ2) is 6.50. The molecule has 4 heteroatoms. The lowest BCUT2D eigenvalue weighted by Gasteiger charge is -2.37. The van der Waals surface area contributed by atoms with Crippen LogP contribution in [-0.2, 0) is 4.79 Å². The Morgan fingerprint density at radius 3 is 2.81 bits per heavy atom. The second-order valence-electron chi connectivity index (χ2n) is 4.76. The monoisotopic (exact) mass is 244 g/mol. The standard InChI is InChI=1S/C12H24N2OS/c1-9(2)13-6-5-12(15)14-7-8-16-11(4)10(14)3/h9-11,13H,5-8H2,1-4H3. The quantitative estimate of drug-likeness (QED) is 0.817. The maximum absolute atomic E-state index is 12.0. The van der Waals surface area contributed by atoms with Gasteiger partial charge in [0.25, 0.3) is 0 Å². The Morgan fingerprint density at radius 2 is 2.19 bits per heavy atom. The van der Waals surface area contributed by atoms with Crippen LogP contribution in [0.25, 0.3) is 0 Å². The lowest BCUT2D eigenvalue weighted by molar-refractivity contribution is -0.133. The van der Waals surface area contributed by atoms with Crippen LogP contribution in [0.2, 0.25) is 0 Å². The molecule has 1 fully saturated rings. The average molecular weight is 244 g/mol. The zero-order chi connectivity index (χ0) is 12.1. The highest BCUT2D eigenvalue weighted by atomic mass is 32.2. The highest BCUT2D eigenvalue weighted by molar-refractivity contribution is 8.00. The molecule has 0 saturated carbocycles. The minimum atomic E-state index is 0.299. The summed E-state index contributed by atoms with van der Waals surface area (Å²) in [5, 5.41) is 3.85. The van der Waals surface area contributed by atoms with E-state index in [0.29, 0.717) is 29.7 Å². The molecular weight excluding hydrogens is 220 g/mol. The van der Waals surface area contributed by atoms with E-state index in [1.165, 1.54) is 0 Å². The fourth-order valence-corrected chi connectivity index (χ4v) is 3.00. The first-order chi connectivity index (χ1) is 7.52. The largest absolute Gasteiger partial charge is 0.338 e. The van der Waals surface area contributed by atoms with Gasteiger partial charge < -0.3 is 10.2 Å². The van der Waals surface area contributed by atoms with Gasteiger partial charge in [-0.2, -0.15) is 11.8 Å². The van der Waals surface area contributed by atoms with Crippen LogP contribution in [0.15, 0.2) is 0 Å². The van der Waals surface area contributed by atoms with Crippen molar-refractivity contribution in [2.24, 2.45) is 0 Å². The molecule has 1 saturated heterocycles. The van der Waals surface area contributed by atoms with Crippen LogP contribution in [0.1, 0.15) is 34.1 Å². The third-order valence-corrected chi connectivity index (χ3v) is 4.43. The Hall–Kier alpha value is -0.220. The lowest BCUT2D eigenvalue weighted by atomic mass is 10.2. The number of hydrogen-bond donors (Lipinski definition) is 1. The molecule has 0 radical (unpaired) electrons. The van der Waals surface area contributed by atoms with Gasteiger partial charge in [-0.3, -0.25) is 4.79 Å². The van der Waals surface area contributed by atoms with E-state index in [4.69, 9.17) is 0 Å². The summed E-state index contributed by atoms with van der Waals surface area (Å²) >= 11 is 1.97. The van der Waals surface area contributed by atoms with Crippen molar-refractivity contribution in [2.75, 3.05) is 18.8 Å². The Labute approximate surface area is 103 Å². The second-order valence-corrected chi connectivity index (χ2v) is 6.25. The maximum Gasteiger partial charge on any atom is 0.224 e. The normalized spacial score (nSPS) is 26.2. The Kier molecular flexibility index (Phi) is 5.62. The molecule has 0 aromatic rings. The van der Waals surface area contributed by atoms with Gasteiger partial charge in [0.2, 0.25) is 5.91 Å². The lowest BCUT2D eigenvalue weighted by Crippen LogP contribution is -2.48. The van der Waals surface area contributed by atoms with Crippen LogP contribution >= 0.6 is 11.8 Å². The first-order valence-electron chi connectivity index (χ1n) is 6.17. The summed E-state index contributed by atoms with van der Waals surface area (Å²) in [7, 11) is 0. The molecule has 0 aromatic carbocycles. The highest BCUT2D eigenvalue weighted by Crippen LogP contribution is 2.24. The van der Waals surface area contributed by atoms with Crippen molar-refractivity contribution < 1.29 is 4.79 Å². The van der Waals surface area contributed by atoms with E-state index in [1.54, 1.807) is 0 Å². The summed E-state index contributed by atoms with van der Waals surface area (Å²) in [6, 6.07) is 0.839. The van der Waals surface area contributed by atoms with E-state index >= 15 is 0 Å². The minimum Gasteiger partial charge on any atom is -0.338 e. The van der Waals surface area contributed by atoms with Crippen molar-refractivity contribution in [1.29, 1.82) is 0 Å². The smallest absolute Gasteiger partial charge is 0.224 e. The van der Waals surface area contributed by atoms with Crippen molar-refractivity contribution in [3.63, 3.8) is 0 Å². The Bertz CT molecular complexity index is 233. The number of hydrogen-bond acceptors (Lipinski definition) is 3. The fourth-order valence-electron chi connectivity index (χ4n) is 1.90. The number of nitrogens with zero attached hydrogens (tertiary/aromatic N) is 1. The summed E-state index contributed by atoms with van der Waals surface area (Å²) in [5.41, 5.74) is 0. The third-order valence-electron chi connectivity index (χ3n) is 3.10. The molecule has 3 nitrogen and oxygen atoms in total. The van der Waals surface area contributed by atoms with E-state index in [-0.39, 0.29) is 0 Å². The molecule has 0 aliphatic carbocycles. The van der Waals surface area contributed by atoms with Gasteiger partial charge in [0, 0.05) is 42.6 Å². The van der Waals surface area contributed by atoms with Crippen LogP contribution < -0.4 is 5.32 Å². The topological polar surface area (TPSA) is 32.3 Å². The zero-order valence-corrected chi connectivity index (χ0v) is 11.6. The summed E-state index contributed by atoms with van der Waals surface area (Å²) in [4.78, 5) is 14.1. The van der Waals surface area contributed by atoms with E-state index in [0.717, 1.165) is 18.8 Å². The summed E-state index contributed by atoms with van der Waals surface area (Å²) < 4.78 is 0. The fraction of sp³-hybridized carbons (Fsp3) is 0.917. The molecule has 0 spiro atoms. The van der Waals surface area contributed by atoms with Crippen LogP contribution in [-0.4, -0.2) is 47.0 Å². The molecule has 1 aliphatic rings. The number of carbonyl (C=O) groups is 1. The molecule has 0 bridgehead atoms. The molecule has 1 heterocycles. The number of thioether (sulfide) groups is 1.